The van der Waals surface area contributed by atoms with E-state index < -0.39 is 23.9 Å². The van der Waals surface area contributed by atoms with Crippen LogP contribution < -0.4 is 30.3 Å². The van der Waals surface area contributed by atoms with E-state index in [0.29, 0.717) is 29.4 Å². The van der Waals surface area contributed by atoms with Gasteiger partial charge >= 0.3 is 6.09 Å². The maximum absolute atomic E-state index is 14.0. The molecule has 0 saturated heterocycles. The first-order valence-electron chi connectivity index (χ1n) is 16.6. The molecule has 0 heterocycles. The Morgan fingerprint density at radius 3 is 2.16 bits per heavy atom. The maximum atomic E-state index is 14.0. The number of benzene rings is 4. The minimum absolute atomic E-state index is 0.0694. The van der Waals surface area contributed by atoms with Gasteiger partial charge < -0.3 is 24.7 Å². The molecule has 1 aliphatic carbocycles. The third-order valence-electron chi connectivity index (χ3n) is 8.46. The fourth-order valence-corrected chi connectivity index (χ4v) is 5.86. The molecule has 261 valence electrons. The van der Waals surface area contributed by atoms with Crippen LogP contribution in [0.3, 0.4) is 0 Å². The molecule has 4 aromatic carbocycles. The second kappa shape index (κ2) is 17.2. The van der Waals surface area contributed by atoms with Crippen molar-refractivity contribution in [3.8, 4) is 28.4 Å². The van der Waals surface area contributed by atoms with Gasteiger partial charge in [0.15, 0.2) is 6.61 Å². The second-order valence-corrected chi connectivity index (χ2v) is 11.7. The van der Waals surface area contributed by atoms with Gasteiger partial charge in [-0.3, -0.25) is 19.9 Å². The van der Waals surface area contributed by atoms with Gasteiger partial charge in [-0.25, -0.2) is 9.80 Å². The Labute approximate surface area is 292 Å². The highest BCUT2D eigenvalue weighted by Gasteiger charge is 2.32. The van der Waals surface area contributed by atoms with Gasteiger partial charge in [-0.2, -0.15) is 0 Å². The van der Waals surface area contributed by atoms with E-state index in [4.69, 9.17) is 24.7 Å². The number of hydrogen-bond donors (Lipinski definition) is 2. The fraction of sp³-hybridized carbons (Fsp3) is 0.282. The summed E-state index contributed by atoms with van der Waals surface area (Å²) in [6, 6.07) is 29.1. The first-order valence-corrected chi connectivity index (χ1v) is 16.6. The van der Waals surface area contributed by atoms with Crippen LogP contribution in [0.15, 0.2) is 97.1 Å². The number of anilines is 1. The normalized spacial score (nSPS) is 12.2. The van der Waals surface area contributed by atoms with Crippen molar-refractivity contribution in [3.63, 3.8) is 0 Å². The largest absolute Gasteiger partial charge is 0.497 e. The molecule has 4 aromatic rings. The van der Waals surface area contributed by atoms with Crippen molar-refractivity contribution in [3.05, 3.63) is 115 Å². The summed E-state index contributed by atoms with van der Waals surface area (Å²) in [5, 5.41) is 1.02. The van der Waals surface area contributed by atoms with E-state index in [9.17, 15) is 14.4 Å². The van der Waals surface area contributed by atoms with Gasteiger partial charge in [0.25, 0.3) is 11.8 Å². The van der Waals surface area contributed by atoms with Crippen LogP contribution in [-0.2, 0) is 14.3 Å². The number of carbonyl (C=O) groups is 3. The predicted octanol–water partition coefficient (Wildman–Crippen LogP) is 6.08. The summed E-state index contributed by atoms with van der Waals surface area (Å²) >= 11 is 0. The minimum atomic E-state index is -0.889. The number of carbonyl (C=O) groups excluding carboxylic acids is 3. The van der Waals surface area contributed by atoms with E-state index >= 15 is 0 Å². The number of ether oxygens (including phenoxy) is 4. The van der Waals surface area contributed by atoms with Crippen molar-refractivity contribution in [2.45, 2.75) is 38.1 Å². The van der Waals surface area contributed by atoms with Crippen LogP contribution in [0, 0.1) is 6.54 Å². The summed E-state index contributed by atoms with van der Waals surface area (Å²) in [4.78, 5) is 41.9. The lowest BCUT2D eigenvalue weighted by molar-refractivity contribution is -0.141. The molecule has 0 fully saturated rings. The number of nitrogens with one attached hydrogen (secondary N) is 1. The van der Waals surface area contributed by atoms with Crippen molar-refractivity contribution in [1.29, 1.82) is 0 Å². The molecule has 11 nitrogen and oxygen atoms in total. The van der Waals surface area contributed by atoms with Gasteiger partial charge in [-0.1, -0.05) is 86.5 Å². The minimum Gasteiger partial charge on any atom is -0.497 e. The van der Waals surface area contributed by atoms with Gasteiger partial charge in [0.2, 0.25) is 0 Å². The number of fused-ring (bicyclic) bond motifs is 3. The lowest BCUT2D eigenvalue weighted by Crippen LogP contribution is -2.53. The predicted molar refractivity (Wildman–Crippen MR) is 191 cm³/mol. The Morgan fingerprint density at radius 1 is 0.860 bits per heavy atom. The highest BCUT2D eigenvalue weighted by molar-refractivity contribution is 5.91. The van der Waals surface area contributed by atoms with Crippen LogP contribution >= 0.6 is 0 Å². The number of amides is 3. The van der Waals surface area contributed by atoms with Gasteiger partial charge in [0.05, 0.1) is 39.0 Å². The number of rotatable bonds is 15. The third kappa shape index (κ3) is 8.53. The summed E-state index contributed by atoms with van der Waals surface area (Å²) in [6.45, 7) is 2.91. The molecule has 50 heavy (non-hydrogen) atoms. The Hall–Kier alpha value is -5.55. The molecule has 5 rings (SSSR count). The molecule has 3 N–H and O–H groups in total. The molecule has 0 spiro atoms. The quantitative estimate of drug-likeness (QED) is 0.145. The van der Waals surface area contributed by atoms with E-state index in [1.54, 1.807) is 42.5 Å². The number of nitrogens with zero attached hydrogens (tertiary/aromatic N) is 2. The zero-order valence-corrected chi connectivity index (χ0v) is 28.5. The highest BCUT2D eigenvalue weighted by Crippen LogP contribution is 2.44. The molecule has 1 aliphatic rings. The Kier molecular flexibility index (Phi) is 12.3. The van der Waals surface area contributed by atoms with Crippen LogP contribution in [0.5, 0.6) is 17.2 Å². The maximum Gasteiger partial charge on any atom is 0.414 e. The number of nitrogens with two attached hydrogens (primary N) is 1. The number of hydrazine groups is 1. The topological polar surface area (TPSA) is 133 Å². The lowest BCUT2D eigenvalue weighted by Gasteiger charge is -2.30. The van der Waals surface area contributed by atoms with Crippen molar-refractivity contribution in [1.82, 2.24) is 10.4 Å². The zero-order valence-electron chi connectivity index (χ0n) is 28.5. The molecular formula is C39H43N4O7. The lowest BCUT2D eigenvalue weighted by atomic mass is 9.98. The van der Waals surface area contributed by atoms with Crippen molar-refractivity contribution >= 4 is 23.6 Å². The van der Waals surface area contributed by atoms with Crippen LogP contribution in [0.1, 0.15) is 43.2 Å². The summed E-state index contributed by atoms with van der Waals surface area (Å²) in [5.74, 6) is 0.0535. The first kappa shape index (κ1) is 35.7. The van der Waals surface area contributed by atoms with E-state index in [1.165, 1.54) is 25.7 Å². The standard InChI is InChI=1S/C39H43N4O7/c1-4-5-19-34(40)38(45)43(41-37(44)26-49-27-13-7-6-8-14-27)23-22-42(35-21-20-28(47-2)24-36(35)48-3)39(46)50-25-33-31-17-11-9-15-29(31)30-16-10-12-18-32(30)33/h6-18,20-21,23-24,33-34H,4-5,19,22,25-26,40H2,1-3H3,(H,41,44)/t34-/m0/s1. The average molecular weight is 680 g/mol. The Morgan fingerprint density at radius 2 is 1.52 bits per heavy atom. The summed E-state index contributed by atoms with van der Waals surface area (Å²) in [6.07, 6.45) is 1.29. The Balaban J connectivity index is 1.38. The zero-order chi connectivity index (χ0) is 35.5. The van der Waals surface area contributed by atoms with Gasteiger partial charge in [0.1, 0.15) is 23.9 Å². The monoisotopic (exact) mass is 679 g/mol. The van der Waals surface area contributed by atoms with Crippen molar-refractivity contribution in [2.75, 3.05) is 38.9 Å². The molecule has 11 heteroatoms. The van der Waals surface area contributed by atoms with E-state index in [1.807, 2.05) is 49.4 Å². The SMILES string of the molecule is CCCC[C@H](N)C(=O)N([CH]CN(C(=O)OCC1c2ccccc2-c2ccccc21)c1ccc(OC)cc1OC)NC(=O)COc1ccccc1. The number of hydrogen-bond acceptors (Lipinski definition) is 8. The second-order valence-electron chi connectivity index (χ2n) is 11.7. The number of para-hydroxylation sites is 1. The molecule has 1 radical (unpaired) electrons. The number of unbranched alkanes of at least 4 members (excludes halogenated alkanes) is 1. The molecule has 1 atom stereocenters. The summed E-state index contributed by atoms with van der Waals surface area (Å²) < 4.78 is 22.6. The molecule has 0 aliphatic heterocycles. The molecule has 0 unspecified atom stereocenters. The van der Waals surface area contributed by atoms with Crippen LogP contribution in [0.4, 0.5) is 10.5 Å². The third-order valence-corrected chi connectivity index (χ3v) is 8.46. The van der Waals surface area contributed by atoms with Crippen LogP contribution in [-0.4, -0.2) is 62.9 Å². The fourth-order valence-electron chi connectivity index (χ4n) is 5.86. The first-order chi connectivity index (χ1) is 24.3. The Bertz CT molecular complexity index is 1720. The highest BCUT2D eigenvalue weighted by atomic mass is 16.6. The van der Waals surface area contributed by atoms with E-state index in [0.717, 1.165) is 40.1 Å². The summed E-state index contributed by atoms with van der Waals surface area (Å²) in [5.41, 5.74) is 13.6. The molecule has 0 aromatic heterocycles. The smallest absolute Gasteiger partial charge is 0.414 e. The van der Waals surface area contributed by atoms with Crippen molar-refractivity contribution in [2.24, 2.45) is 5.73 Å². The number of methoxy groups -OCH3 is 2. The molecule has 0 bridgehead atoms. The summed E-state index contributed by atoms with van der Waals surface area (Å²) in [7, 11) is 3.01. The van der Waals surface area contributed by atoms with Crippen LogP contribution in [0.25, 0.3) is 11.1 Å². The molecular weight excluding hydrogens is 636 g/mol. The van der Waals surface area contributed by atoms with E-state index in [-0.39, 0.29) is 25.7 Å². The van der Waals surface area contributed by atoms with Gasteiger partial charge in [0, 0.05) is 12.0 Å². The van der Waals surface area contributed by atoms with Gasteiger partial charge in [-0.15, -0.1) is 0 Å². The molecule has 3 amide bonds. The molecule has 0 saturated carbocycles. The van der Waals surface area contributed by atoms with E-state index in [2.05, 4.69) is 17.6 Å². The van der Waals surface area contributed by atoms with Crippen molar-refractivity contribution < 1.29 is 33.3 Å². The van der Waals surface area contributed by atoms with Crippen LogP contribution in [0.2, 0.25) is 0 Å². The van der Waals surface area contributed by atoms with Gasteiger partial charge in [-0.05, 0) is 52.9 Å². The average Bonchev–Trinajstić information content (AvgIpc) is 3.48.